The van der Waals surface area contributed by atoms with E-state index in [9.17, 15) is 0 Å². The van der Waals surface area contributed by atoms with Gasteiger partial charge in [-0.05, 0) is 30.3 Å². The van der Waals surface area contributed by atoms with Crippen LogP contribution < -0.4 is 0 Å². The zero-order chi connectivity index (χ0) is 11.5. The number of nitrogens with zero attached hydrogens (tertiary/aromatic N) is 1. The highest BCUT2D eigenvalue weighted by atomic mass is 35.5. The fraction of sp³-hybridized carbons (Fsp3) is 0. The summed E-state index contributed by atoms with van der Waals surface area (Å²) in [6.07, 6.45) is 0. The Hall–Kier alpha value is -1.08. The van der Waals surface area contributed by atoms with Gasteiger partial charge in [-0.25, -0.2) is 0 Å². The molecule has 1 N–H and O–H groups in total. The monoisotopic (exact) mass is 268 g/mol. The molecule has 1 aromatic heterocycles. The number of aromatic amines is 1. The molecule has 0 spiro atoms. The number of rotatable bonds is 2. The SMILES string of the molecule is N#Cc1ccc(Sc2ccc(Cl)c(Cl)c2)[nH]1. The van der Waals surface area contributed by atoms with E-state index in [-0.39, 0.29) is 0 Å². The van der Waals surface area contributed by atoms with Crippen LogP contribution in [0.2, 0.25) is 10.0 Å². The standard InChI is InChI=1S/C11H6Cl2N2S/c12-9-3-2-8(5-10(9)13)16-11-4-1-7(6-14)15-11/h1-5,15H. The zero-order valence-corrected chi connectivity index (χ0v) is 10.3. The lowest BCUT2D eigenvalue weighted by Crippen LogP contribution is -1.76. The van der Waals surface area contributed by atoms with Crippen molar-refractivity contribution >= 4 is 35.0 Å². The van der Waals surface area contributed by atoms with E-state index in [4.69, 9.17) is 28.5 Å². The third kappa shape index (κ3) is 2.53. The second-order valence-corrected chi connectivity index (χ2v) is 4.96. The maximum absolute atomic E-state index is 8.67. The van der Waals surface area contributed by atoms with Gasteiger partial charge in [-0.15, -0.1) is 0 Å². The van der Waals surface area contributed by atoms with E-state index in [0.717, 1.165) is 9.92 Å². The number of halogens is 2. The van der Waals surface area contributed by atoms with E-state index in [0.29, 0.717) is 15.7 Å². The first kappa shape index (κ1) is 11.4. The first-order valence-electron chi connectivity index (χ1n) is 4.41. The number of nitrogens with one attached hydrogen (secondary N) is 1. The van der Waals surface area contributed by atoms with E-state index in [2.05, 4.69) is 4.98 Å². The van der Waals surface area contributed by atoms with Crippen LogP contribution >= 0.6 is 35.0 Å². The Morgan fingerprint density at radius 2 is 1.94 bits per heavy atom. The summed E-state index contributed by atoms with van der Waals surface area (Å²) in [6.45, 7) is 0. The maximum Gasteiger partial charge on any atom is 0.118 e. The maximum atomic E-state index is 8.67. The van der Waals surface area contributed by atoms with Crippen molar-refractivity contribution in [2.45, 2.75) is 9.92 Å². The molecular formula is C11H6Cl2N2S. The van der Waals surface area contributed by atoms with E-state index in [1.54, 1.807) is 18.2 Å². The quantitative estimate of drug-likeness (QED) is 0.880. The van der Waals surface area contributed by atoms with E-state index in [1.807, 2.05) is 18.2 Å². The molecule has 80 valence electrons. The Labute approximate surface area is 107 Å². The fourth-order valence-electron chi connectivity index (χ4n) is 1.17. The number of nitriles is 1. The van der Waals surface area contributed by atoms with Crippen molar-refractivity contribution in [3.8, 4) is 6.07 Å². The van der Waals surface area contributed by atoms with Crippen LogP contribution in [0, 0.1) is 11.3 Å². The van der Waals surface area contributed by atoms with Crippen molar-refractivity contribution in [3.05, 3.63) is 46.1 Å². The third-order valence-electron chi connectivity index (χ3n) is 1.90. The van der Waals surface area contributed by atoms with Gasteiger partial charge in [0.15, 0.2) is 0 Å². The predicted octanol–water partition coefficient (Wildman–Crippen LogP) is 4.34. The van der Waals surface area contributed by atoms with Crippen LogP contribution in [0.1, 0.15) is 5.69 Å². The summed E-state index contributed by atoms with van der Waals surface area (Å²) in [7, 11) is 0. The molecule has 1 heterocycles. The average molecular weight is 269 g/mol. The lowest BCUT2D eigenvalue weighted by atomic mass is 10.4. The summed E-state index contributed by atoms with van der Waals surface area (Å²) in [6, 6.07) is 11.1. The highest BCUT2D eigenvalue weighted by Crippen LogP contribution is 2.31. The smallest absolute Gasteiger partial charge is 0.118 e. The molecule has 0 saturated heterocycles. The molecule has 0 amide bonds. The number of benzene rings is 1. The molecule has 5 heteroatoms. The summed E-state index contributed by atoms with van der Waals surface area (Å²) in [5.74, 6) is 0. The minimum absolute atomic E-state index is 0.527. The van der Waals surface area contributed by atoms with Crippen molar-refractivity contribution in [1.29, 1.82) is 5.26 Å². The van der Waals surface area contributed by atoms with E-state index >= 15 is 0 Å². The Bertz CT molecular complexity index is 557. The van der Waals surface area contributed by atoms with Crippen LogP contribution in [0.15, 0.2) is 40.3 Å². The van der Waals surface area contributed by atoms with Gasteiger partial charge in [0, 0.05) is 4.90 Å². The summed E-state index contributed by atoms with van der Waals surface area (Å²) < 4.78 is 0. The van der Waals surface area contributed by atoms with Crippen LogP contribution in [0.25, 0.3) is 0 Å². The van der Waals surface area contributed by atoms with Crippen molar-refractivity contribution in [2.24, 2.45) is 0 Å². The Morgan fingerprint density at radius 1 is 1.12 bits per heavy atom. The molecule has 0 unspecified atom stereocenters. The van der Waals surface area contributed by atoms with Crippen LogP contribution in [0.5, 0.6) is 0 Å². The number of hydrogen-bond acceptors (Lipinski definition) is 2. The van der Waals surface area contributed by atoms with Gasteiger partial charge in [-0.2, -0.15) is 5.26 Å². The summed E-state index contributed by atoms with van der Waals surface area (Å²) in [5, 5.41) is 10.6. The minimum Gasteiger partial charge on any atom is -0.341 e. The second-order valence-electron chi connectivity index (χ2n) is 3.03. The Kier molecular flexibility index (Phi) is 3.45. The van der Waals surface area contributed by atoms with Gasteiger partial charge in [0.05, 0.1) is 15.1 Å². The molecule has 2 aromatic rings. The van der Waals surface area contributed by atoms with Crippen LogP contribution in [-0.4, -0.2) is 4.98 Å². The molecule has 2 rings (SSSR count). The fourth-order valence-corrected chi connectivity index (χ4v) is 2.39. The molecule has 0 saturated carbocycles. The van der Waals surface area contributed by atoms with E-state index < -0.39 is 0 Å². The predicted molar refractivity (Wildman–Crippen MR) is 66.1 cm³/mol. The van der Waals surface area contributed by atoms with Gasteiger partial charge >= 0.3 is 0 Å². The molecular weight excluding hydrogens is 263 g/mol. The summed E-state index contributed by atoms with van der Waals surface area (Å²) in [5.41, 5.74) is 0.544. The molecule has 0 atom stereocenters. The summed E-state index contributed by atoms with van der Waals surface area (Å²) in [4.78, 5) is 3.94. The van der Waals surface area contributed by atoms with Crippen molar-refractivity contribution in [3.63, 3.8) is 0 Å². The van der Waals surface area contributed by atoms with Gasteiger partial charge in [0.25, 0.3) is 0 Å². The lowest BCUT2D eigenvalue weighted by molar-refractivity contribution is 1.17. The highest BCUT2D eigenvalue weighted by molar-refractivity contribution is 7.99. The number of H-pyrrole nitrogens is 1. The zero-order valence-electron chi connectivity index (χ0n) is 8.00. The van der Waals surface area contributed by atoms with Gasteiger partial charge in [-0.3, -0.25) is 0 Å². The Morgan fingerprint density at radius 3 is 2.56 bits per heavy atom. The van der Waals surface area contributed by atoms with Gasteiger partial charge in [-0.1, -0.05) is 35.0 Å². The van der Waals surface area contributed by atoms with Crippen LogP contribution in [0.3, 0.4) is 0 Å². The third-order valence-corrected chi connectivity index (χ3v) is 3.59. The summed E-state index contributed by atoms with van der Waals surface area (Å²) >= 11 is 13.2. The number of hydrogen-bond donors (Lipinski definition) is 1. The van der Waals surface area contributed by atoms with E-state index in [1.165, 1.54) is 11.8 Å². The van der Waals surface area contributed by atoms with Gasteiger partial charge in [0.2, 0.25) is 0 Å². The minimum atomic E-state index is 0.527. The van der Waals surface area contributed by atoms with Crippen LogP contribution in [-0.2, 0) is 0 Å². The molecule has 0 aliphatic rings. The lowest BCUT2D eigenvalue weighted by Gasteiger charge is -2.00. The molecule has 0 bridgehead atoms. The largest absolute Gasteiger partial charge is 0.341 e. The molecule has 0 fully saturated rings. The molecule has 0 radical (unpaired) electrons. The van der Waals surface area contributed by atoms with Crippen molar-refractivity contribution in [2.75, 3.05) is 0 Å². The first-order valence-corrected chi connectivity index (χ1v) is 5.98. The molecule has 16 heavy (non-hydrogen) atoms. The molecule has 1 aromatic carbocycles. The van der Waals surface area contributed by atoms with Crippen LogP contribution in [0.4, 0.5) is 0 Å². The molecule has 0 aliphatic carbocycles. The second kappa shape index (κ2) is 4.84. The van der Waals surface area contributed by atoms with Gasteiger partial charge < -0.3 is 4.98 Å². The Balaban J connectivity index is 2.21. The van der Waals surface area contributed by atoms with Crippen molar-refractivity contribution < 1.29 is 0 Å². The van der Waals surface area contributed by atoms with Gasteiger partial charge in [0.1, 0.15) is 11.8 Å². The normalized spacial score (nSPS) is 10.1. The first-order chi connectivity index (χ1) is 7.69. The number of aromatic nitrogens is 1. The van der Waals surface area contributed by atoms with Crippen molar-refractivity contribution in [1.82, 2.24) is 4.98 Å². The molecule has 0 aliphatic heterocycles. The topological polar surface area (TPSA) is 39.6 Å². The average Bonchev–Trinajstić information content (AvgIpc) is 2.71. The molecule has 2 nitrogen and oxygen atoms in total. The highest BCUT2D eigenvalue weighted by Gasteiger charge is 2.03.